The first-order chi connectivity index (χ1) is 11.7. The van der Waals surface area contributed by atoms with Gasteiger partial charge in [0.15, 0.2) is 11.5 Å². The molecule has 0 unspecified atom stereocenters. The molecule has 0 spiro atoms. The van der Waals surface area contributed by atoms with Crippen molar-refractivity contribution < 1.29 is 14.2 Å². The van der Waals surface area contributed by atoms with Gasteiger partial charge in [0.25, 0.3) is 0 Å². The summed E-state index contributed by atoms with van der Waals surface area (Å²) in [6.45, 7) is 1.14. The highest BCUT2D eigenvalue weighted by Gasteiger charge is 2.34. The largest absolute Gasteiger partial charge is 0.492 e. The van der Waals surface area contributed by atoms with Gasteiger partial charge >= 0.3 is 0 Å². The maximum Gasteiger partial charge on any atom is 0.231 e. The summed E-state index contributed by atoms with van der Waals surface area (Å²) in [4.78, 5) is 6.57. The summed E-state index contributed by atoms with van der Waals surface area (Å²) in [6, 6.07) is 5.73. The van der Waals surface area contributed by atoms with Crippen molar-refractivity contribution in [3.05, 3.63) is 40.5 Å². The number of halogens is 1. The van der Waals surface area contributed by atoms with Gasteiger partial charge in [-0.15, -0.1) is 0 Å². The molecule has 0 fully saturated rings. The number of hydrogen-bond acceptors (Lipinski definition) is 6. The first kappa shape index (κ1) is 15.4. The molecule has 4 rings (SSSR count). The van der Waals surface area contributed by atoms with Crippen molar-refractivity contribution >= 4 is 17.4 Å². The minimum absolute atomic E-state index is 0.0770. The van der Waals surface area contributed by atoms with Crippen LogP contribution in [0.1, 0.15) is 17.3 Å². The lowest BCUT2D eigenvalue weighted by Gasteiger charge is -2.36. The Morgan fingerprint density at radius 2 is 2.25 bits per heavy atom. The Balaban J connectivity index is 1.78. The average Bonchev–Trinajstić information content (AvgIpc) is 3.05. The van der Waals surface area contributed by atoms with E-state index in [1.54, 1.807) is 13.3 Å². The lowest BCUT2D eigenvalue weighted by molar-refractivity contribution is 0.170. The smallest absolute Gasteiger partial charge is 0.231 e. The van der Waals surface area contributed by atoms with Crippen molar-refractivity contribution in [2.45, 2.75) is 12.6 Å². The Morgan fingerprint density at radius 3 is 3.00 bits per heavy atom. The van der Waals surface area contributed by atoms with Crippen LogP contribution in [0.25, 0.3) is 0 Å². The fourth-order valence-electron chi connectivity index (χ4n) is 3.22. The molecule has 6 nitrogen and oxygen atoms in total. The number of nitrogens with one attached hydrogen (secondary N) is 1. The molecule has 24 heavy (non-hydrogen) atoms. The van der Waals surface area contributed by atoms with Gasteiger partial charge in [-0.2, -0.15) is 0 Å². The molecule has 0 aliphatic carbocycles. The predicted molar refractivity (Wildman–Crippen MR) is 91.1 cm³/mol. The number of benzene rings is 1. The van der Waals surface area contributed by atoms with Crippen LogP contribution in [0, 0.1) is 0 Å². The quantitative estimate of drug-likeness (QED) is 0.921. The molecule has 1 aromatic heterocycles. The summed E-state index contributed by atoms with van der Waals surface area (Å²) >= 11 is 5.92. The number of anilines is 1. The van der Waals surface area contributed by atoms with Gasteiger partial charge < -0.3 is 19.5 Å². The van der Waals surface area contributed by atoms with Crippen LogP contribution in [0.3, 0.4) is 0 Å². The number of nitrogens with zero attached hydrogens (tertiary/aromatic N) is 2. The number of ether oxygens (including phenoxy) is 3. The van der Waals surface area contributed by atoms with Crippen LogP contribution < -0.4 is 19.5 Å². The van der Waals surface area contributed by atoms with Crippen LogP contribution in [-0.2, 0) is 6.42 Å². The molecule has 2 aromatic rings. The first-order valence-electron chi connectivity index (χ1n) is 7.75. The summed E-state index contributed by atoms with van der Waals surface area (Å²) in [7, 11) is 3.73. The Morgan fingerprint density at radius 1 is 1.38 bits per heavy atom. The lowest BCUT2D eigenvalue weighted by Crippen LogP contribution is -2.37. The zero-order valence-corrected chi connectivity index (χ0v) is 14.3. The molecule has 0 saturated carbocycles. The van der Waals surface area contributed by atoms with Gasteiger partial charge in [0.05, 0.1) is 12.1 Å². The molecule has 126 valence electrons. The number of aromatic nitrogens is 1. The fourth-order valence-corrected chi connectivity index (χ4v) is 3.33. The van der Waals surface area contributed by atoms with Gasteiger partial charge in [-0.05, 0) is 37.2 Å². The second-order valence-electron chi connectivity index (χ2n) is 5.86. The number of pyridine rings is 1. The number of rotatable bonds is 3. The van der Waals surface area contributed by atoms with Gasteiger partial charge in [0.1, 0.15) is 12.0 Å². The monoisotopic (exact) mass is 347 g/mol. The molecule has 7 heteroatoms. The van der Waals surface area contributed by atoms with Crippen LogP contribution in [0.4, 0.5) is 5.82 Å². The number of likely N-dealkylation sites (N-methyl/N-ethyl adjacent to an activating group) is 1. The molecular weight excluding hydrogens is 330 g/mol. The third-order valence-corrected chi connectivity index (χ3v) is 4.63. The number of methoxy groups -OCH3 is 1. The Labute approximate surface area is 145 Å². The van der Waals surface area contributed by atoms with Gasteiger partial charge in [-0.25, -0.2) is 4.98 Å². The third-order valence-electron chi connectivity index (χ3n) is 4.41. The SMILES string of the molecule is COc1c2c(cc3c1[C@@H](Nc1ccc(Cl)cn1)N(C)CC3)OCO2. The van der Waals surface area contributed by atoms with E-state index < -0.39 is 0 Å². The van der Waals surface area contributed by atoms with E-state index in [-0.39, 0.29) is 13.0 Å². The summed E-state index contributed by atoms with van der Waals surface area (Å²) in [5, 5.41) is 4.07. The van der Waals surface area contributed by atoms with E-state index >= 15 is 0 Å². The van der Waals surface area contributed by atoms with E-state index in [0.717, 1.165) is 35.8 Å². The minimum Gasteiger partial charge on any atom is -0.492 e. The van der Waals surface area contributed by atoms with E-state index in [4.69, 9.17) is 25.8 Å². The molecule has 0 bridgehead atoms. The zero-order valence-electron chi connectivity index (χ0n) is 13.5. The summed E-state index contributed by atoms with van der Waals surface area (Å²) in [6.07, 6.45) is 2.47. The highest BCUT2D eigenvalue weighted by Crippen LogP contribution is 2.49. The summed E-state index contributed by atoms with van der Waals surface area (Å²) in [5.41, 5.74) is 2.26. The molecule has 1 atom stereocenters. The van der Waals surface area contributed by atoms with Crippen LogP contribution in [0.5, 0.6) is 17.2 Å². The normalized spacial score (nSPS) is 19.0. The Kier molecular flexibility index (Phi) is 3.86. The van der Waals surface area contributed by atoms with E-state index in [0.29, 0.717) is 10.8 Å². The maximum atomic E-state index is 5.92. The van der Waals surface area contributed by atoms with Crippen molar-refractivity contribution in [2.75, 3.05) is 32.8 Å². The van der Waals surface area contributed by atoms with Crippen LogP contribution in [0.2, 0.25) is 5.02 Å². The number of hydrogen-bond donors (Lipinski definition) is 1. The molecule has 2 aliphatic heterocycles. The highest BCUT2D eigenvalue weighted by atomic mass is 35.5. The molecule has 3 heterocycles. The van der Waals surface area contributed by atoms with E-state index in [1.165, 1.54) is 5.56 Å². The number of fused-ring (bicyclic) bond motifs is 2. The van der Waals surface area contributed by atoms with Crippen molar-refractivity contribution in [1.82, 2.24) is 9.88 Å². The molecule has 0 saturated heterocycles. The fraction of sp³-hybridized carbons (Fsp3) is 0.353. The van der Waals surface area contributed by atoms with Crippen LogP contribution >= 0.6 is 11.6 Å². The lowest BCUT2D eigenvalue weighted by atomic mass is 9.95. The second kappa shape index (κ2) is 6.03. The molecular formula is C17H18ClN3O3. The predicted octanol–water partition coefficient (Wildman–Crippen LogP) is 3.07. The van der Waals surface area contributed by atoms with E-state index in [2.05, 4.69) is 28.3 Å². The highest BCUT2D eigenvalue weighted by molar-refractivity contribution is 6.30. The second-order valence-corrected chi connectivity index (χ2v) is 6.29. The van der Waals surface area contributed by atoms with Gasteiger partial charge in [0.2, 0.25) is 12.5 Å². The van der Waals surface area contributed by atoms with E-state index in [1.807, 2.05) is 12.1 Å². The molecule has 2 aliphatic rings. The van der Waals surface area contributed by atoms with Crippen molar-refractivity contribution in [3.63, 3.8) is 0 Å². The molecule has 0 amide bonds. The topological polar surface area (TPSA) is 55.9 Å². The standard InChI is InChI=1S/C17H18ClN3O3/c1-21-6-5-10-7-12-15(24-9-23-12)16(22-2)14(10)17(21)20-13-4-3-11(18)8-19-13/h3-4,7-8,17H,5-6,9H2,1-2H3,(H,19,20)/t17-/m0/s1. The summed E-state index contributed by atoms with van der Waals surface area (Å²) in [5.74, 6) is 2.89. The van der Waals surface area contributed by atoms with E-state index in [9.17, 15) is 0 Å². The maximum absolute atomic E-state index is 5.92. The zero-order chi connectivity index (χ0) is 16.7. The van der Waals surface area contributed by atoms with Crippen molar-refractivity contribution in [1.29, 1.82) is 0 Å². The van der Waals surface area contributed by atoms with Crippen molar-refractivity contribution in [3.8, 4) is 17.2 Å². The molecule has 1 aromatic carbocycles. The molecule has 1 N–H and O–H groups in total. The average molecular weight is 348 g/mol. The Bertz CT molecular complexity index is 767. The first-order valence-corrected chi connectivity index (χ1v) is 8.13. The minimum atomic E-state index is -0.0770. The Hall–Kier alpha value is -2.18. The molecule has 0 radical (unpaired) electrons. The van der Waals surface area contributed by atoms with Crippen LogP contribution in [0.15, 0.2) is 24.4 Å². The van der Waals surface area contributed by atoms with Crippen molar-refractivity contribution in [2.24, 2.45) is 0 Å². The van der Waals surface area contributed by atoms with Crippen LogP contribution in [-0.4, -0.2) is 37.4 Å². The van der Waals surface area contributed by atoms with Gasteiger partial charge in [-0.1, -0.05) is 11.6 Å². The van der Waals surface area contributed by atoms with Gasteiger partial charge in [0, 0.05) is 18.3 Å². The van der Waals surface area contributed by atoms with Gasteiger partial charge in [-0.3, -0.25) is 4.90 Å². The summed E-state index contributed by atoms with van der Waals surface area (Å²) < 4.78 is 16.8. The third kappa shape index (κ3) is 2.52.